The minimum Gasteiger partial charge on any atom is -0.330 e. The van der Waals surface area contributed by atoms with Crippen LogP contribution in [0.4, 0.5) is 0 Å². The molecular weight excluding hydrogens is 186 g/mol. The maximum atomic E-state index is 5.54. The zero-order valence-electron chi connectivity index (χ0n) is 8.85. The average molecular weight is 201 g/mol. The fourth-order valence-corrected chi connectivity index (χ4v) is 1.59. The van der Waals surface area contributed by atoms with E-state index >= 15 is 0 Å². The Morgan fingerprint density at radius 1 is 1.27 bits per heavy atom. The fourth-order valence-electron chi connectivity index (χ4n) is 1.59. The molecule has 0 aliphatic carbocycles. The summed E-state index contributed by atoms with van der Waals surface area (Å²) in [6.45, 7) is 2.71. The second-order valence-corrected chi connectivity index (χ2v) is 3.59. The molecule has 0 saturated carbocycles. The van der Waals surface area contributed by atoms with E-state index in [0.717, 1.165) is 17.9 Å². The highest BCUT2D eigenvalue weighted by molar-refractivity contribution is 5.35. The van der Waals surface area contributed by atoms with Gasteiger partial charge in [-0.05, 0) is 25.6 Å². The molecule has 2 aromatic rings. The molecule has 0 fully saturated rings. The summed E-state index contributed by atoms with van der Waals surface area (Å²) >= 11 is 0. The molecule has 0 atom stereocenters. The Bertz CT molecular complexity index is 428. The largest absolute Gasteiger partial charge is 0.330 e. The van der Waals surface area contributed by atoms with Gasteiger partial charge in [0.25, 0.3) is 0 Å². The first-order chi connectivity index (χ1) is 7.31. The molecule has 0 bridgehead atoms. The quantitative estimate of drug-likeness (QED) is 0.821. The number of benzene rings is 1. The zero-order chi connectivity index (χ0) is 10.7. The van der Waals surface area contributed by atoms with E-state index in [2.05, 4.69) is 40.7 Å². The summed E-state index contributed by atoms with van der Waals surface area (Å²) < 4.78 is 2.08. The Hall–Kier alpha value is -1.61. The van der Waals surface area contributed by atoms with Crippen molar-refractivity contribution in [1.82, 2.24) is 9.55 Å². The molecule has 3 nitrogen and oxygen atoms in total. The Morgan fingerprint density at radius 2 is 2.00 bits per heavy atom. The molecule has 78 valence electrons. The van der Waals surface area contributed by atoms with E-state index in [9.17, 15) is 0 Å². The summed E-state index contributed by atoms with van der Waals surface area (Å²) in [5.41, 5.74) is 7.94. The lowest BCUT2D eigenvalue weighted by Crippen LogP contribution is -2.08. The molecular formula is C12H15N3. The van der Waals surface area contributed by atoms with Crippen LogP contribution in [-0.2, 0) is 6.42 Å². The Labute approximate surface area is 89.6 Å². The van der Waals surface area contributed by atoms with Crippen LogP contribution < -0.4 is 5.73 Å². The van der Waals surface area contributed by atoms with E-state index in [-0.39, 0.29) is 0 Å². The van der Waals surface area contributed by atoms with Crippen molar-refractivity contribution < 1.29 is 0 Å². The number of hydrogen-bond donors (Lipinski definition) is 1. The fraction of sp³-hybridized carbons (Fsp3) is 0.250. The van der Waals surface area contributed by atoms with Crippen LogP contribution >= 0.6 is 0 Å². The van der Waals surface area contributed by atoms with Crippen LogP contribution in [0.5, 0.6) is 0 Å². The van der Waals surface area contributed by atoms with Crippen LogP contribution in [0.1, 0.15) is 11.4 Å². The van der Waals surface area contributed by atoms with E-state index < -0.39 is 0 Å². The molecule has 2 N–H and O–H groups in total. The molecule has 2 rings (SSSR count). The lowest BCUT2D eigenvalue weighted by molar-refractivity contribution is 0.837. The van der Waals surface area contributed by atoms with E-state index in [1.807, 2.05) is 12.4 Å². The van der Waals surface area contributed by atoms with E-state index in [1.165, 1.54) is 5.56 Å². The van der Waals surface area contributed by atoms with E-state index in [1.54, 1.807) is 0 Å². The third-order valence-corrected chi connectivity index (χ3v) is 2.40. The van der Waals surface area contributed by atoms with Gasteiger partial charge in [-0.3, -0.25) is 0 Å². The van der Waals surface area contributed by atoms with Crippen molar-refractivity contribution in [2.45, 2.75) is 13.3 Å². The number of nitrogens with two attached hydrogens (primary N) is 1. The van der Waals surface area contributed by atoms with Crippen molar-refractivity contribution in [3.63, 3.8) is 0 Å². The molecule has 1 heterocycles. The van der Waals surface area contributed by atoms with Crippen molar-refractivity contribution in [2.75, 3.05) is 6.54 Å². The van der Waals surface area contributed by atoms with Crippen LogP contribution in [0, 0.1) is 6.92 Å². The molecule has 1 aromatic heterocycles. The molecule has 0 saturated heterocycles. The van der Waals surface area contributed by atoms with E-state index in [0.29, 0.717) is 6.54 Å². The summed E-state index contributed by atoms with van der Waals surface area (Å²) in [6.07, 6.45) is 4.58. The third kappa shape index (κ3) is 2.07. The lowest BCUT2D eigenvalue weighted by Gasteiger charge is -2.07. The number of aromatic nitrogens is 2. The molecule has 0 unspecified atom stereocenters. The number of hydrogen-bond acceptors (Lipinski definition) is 2. The second kappa shape index (κ2) is 4.28. The smallest absolute Gasteiger partial charge is 0.114 e. The maximum absolute atomic E-state index is 5.54. The molecule has 3 heteroatoms. The van der Waals surface area contributed by atoms with Crippen LogP contribution in [0.2, 0.25) is 0 Å². The number of imidazole rings is 1. The van der Waals surface area contributed by atoms with Crippen molar-refractivity contribution in [1.29, 1.82) is 0 Å². The minimum absolute atomic E-state index is 0.628. The third-order valence-electron chi connectivity index (χ3n) is 2.40. The van der Waals surface area contributed by atoms with Gasteiger partial charge in [0.05, 0.1) is 0 Å². The van der Waals surface area contributed by atoms with Crippen molar-refractivity contribution >= 4 is 0 Å². The zero-order valence-corrected chi connectivity index (χ0v) is 8.85. The normalized spacial score (nSPS) is 10.5. The van der Waals surface area contributed by atoms with Gasteiger partial charge in [0.2, 0.25) is 0 Å². The highest BCUT2D eigenvalue weighted by Crippen LogP contribution is 2.11. The summed E-state index contributed by atoms with van der Waals surface area (Å²) in [5.74, 6) is 1.02. The van der Waals surface area contributed by atoms with Crippen molar-refractivity contribution in [2.24, 2.45) is 5.73 Å². The molecule has 0 amide bonds. The van der Waals surface area contributed by atoms with Crippen molar-refractivity contribution in [3.8, 4) is 5.69 Å². The summed E-state index contributed by atoms with van der Waals surface area (Å²) in [7, 11) is 0. The molecule has 0 spiro atoms. The first kappa shape index (κ1) is 9.93. The van der Waals surface area contributed by atoms with E-state index in [4.69, 9.17) is 5.73 Å². The van der Waals surface area contributed by atoms with Crippen LogP contribution in [0.15, 0.2) is 36.7 Å². The van der Waals surface area contributed by atoms with Gasteiger partial charge in [0, 0.05) is 24.5 Å². The predicted octanol–water partition coefficient (Wildman–Crippen LogP) is 1.68. The van der Waals surface area contributed by atoms with Crippen LogP contribution in [0.25, 0.3) is 5.69 Å². The van der Waals surface area contributed by atoms with Gasteiger partial charge in [0.15, 0.2) is 0 Å². The average Bonchev–Trinajstić information content (AvgIpc) is 2.68. The van der Waals surface area contributed by atoms with Gasteiger partial charge in [-0.25, -0.2) is 4.98 Å². The number of rotatable bonds is 3. The SMILES string of the molecule is Cc1ccc(-n2ccnc2CCN)cc1. The first-order valence-corrected chi connectivity index (χ1v) is 5.10. The standard InChI is InChI=1S/C12H15N3/c1-10-2-4-11(5-3-10)15-9-8-14-12(15)6-7-13/h2-5,8-9H,6-7,13H2,1H3. The summed E-state index contributed by atoms with van der Waals surface area (Å²) in [5, 5.41) is 0. The molecule has 0 aliphatic heterocycles. The van der Waals surface area contributed by atoms with Crippen LogP contribution in [-0.4, -0.2) is 16.1 Å². The lowest BCUT2D eigenvalue weighted by atomic mass is 10.2. The molecule has 1 aromatic carbocycles. The molecule has 0 aliphatic rings. The summed E-state index contributed by atoms with van der Waals surface area (Å²) in [4.78, 5) is 4.29. The van der Waals surface area contributed by atoms with Crippen molar-refractivity contribution in [3.05, 3.63) is 48.0 Å². The highest BCUT2D eigenvalue weighted by Gasteiger charge is 2.02. The van der Waals surface area contributed by atoms with Gasteiger partial charge >= 0.3 is 0 Å². The first-order valence-electron chi connectivity index (χ1n) is 5.10. The topological polar surface area (TPSA) is 43.8 Å². The number of aryl methyl sites for hydroxylation is 1. The maximum Gasteiger partial charge on any atom is 0.114 e. The Morgan fingerprint density at radius 3 is 2.67 bits per heavy atom. The Kier molecular flexibility index (Phi) is 2.83. The summed E-state index contributed by atoms with van der Waals surface area (Å²) in [6, 6.07) is 8.39. The van der Waals surface area contributed by atoms with Gasteiger partial charge in [0.1, 0.15) is 5.82 Å². The highest BCUT2D eigenvalue weighted by atomic mass is 15.1. The number of nitrogens with zero attached hydrogens (tertiary/aromatic N) is 2. The minimum atomic E-state index is 0.628. The van der Waals surface area contributed by atoms with Crippen LogP contribution in [0.3, 0.4) is 0 Å². The second-order valence-electron chi connectivity index (χ2n) is 3.59. The molecule has 0 radical (unpaired) electrons. The monoisotopic (exact) mass is 201 g/mol. The van der Waals surface area contributed by atoms with Gasteiger partial charge in [-0.2, -0.15) is 0 Å². The Balaban J connectivity index is 2.36. The van der Waals surface area contributed by atoms with Gasteiger partial charge < -0.3 is 10.3 Å². The molecule has 15 heavy (non-hydrogen) atoms. The van der Waals surface area contributed by atoms with Gasteiger partial charge in [-0.1, -0.05) is 17.7 Å². The van der Waals surface area contributed by atoms with Gasteiger partial charge in [-0.15, -0.1) is 0 Å². The predicted molar refractivity (Wildman–Crippen MR) is 61.1 cm³/mol.